The number of hydrogen-bond donors (Lipinski definition) is 0. The molecule has 1 rings (SSSR count). The molecule has 12 heavy (non-hydrogen) atoms. The molecule has 0 unspecified atom stereocenters. The maximum absolute atomic E-state index is 7.67. The third kappa shape index (κ3) is 3.24. The highest BCUT2D eigenvalue weighted by atomic mass is 16.5. The quantitative estimate of drug-likeness (QED) is 0.626. The van der Waals surface area contributed by atoms with E-state index >= 15 is 0 Å². The average Bonchev–Trinajstić information content (AvgIpc) is 2.33. The first-order valence-corrected chi connectivity index (χ1v) is 3.83. The smallest absolute Gasteiger partial charge is 0.0845 e. The van der Waals surface area contributed by atoms with E-state index in [0.717, 1.165) is 0 Å². The van der Waals surface area contributed by atoms with Crippen molar-refractivity contribution in [3.05, 3.63) is 48.1 Å². The minimum absolute atomic E-state index is 0.155. The van der Waals surface area contributed by atoms with Gasteiger partial charge in [-0.1, -0.05) is 30.2 Å². The van der Waals surface area contributed by atoms with E-state index in [-0.39, 0.29) is 42.2 Å². The van der Waals surface area contributed by atoms with Crippen LogP contribution in [0, 0.1) is 0 Å². The van der Waals surface area contributed by atoms with Crippen molar-refractivity contribution in [2.45, 2.75) is 13.3 Å². The fraction of sp³-hybridized carbons (Fsp3) is 0.273. The summed E-state index contributed by atoms with van der Waals surface area (Å²) < 4.78 is 42.7. The van der Waals surface area contributed by atoms with E-state index in [1.807, 2.05) is 6.92 Å². The molecular weight excluding hydrogens is 148 g/mol. The summed E-state index contributed by atoms with van der Waals surface area (Å²) in [7, 11) is 0. The second-order valence-electron chi connectivity index (χ2n) is 2.13. The van der Waals surface area contributed by atoms with Crippen molar-refractivity contribution in [3.8, 4) is 0 Å². The van der Waals surface area contributed by atoms with Gasteiger partial charge in [-0.05, 0) is 25.0 Å². The lowest BCUT2D eigenvalue weighted by Gasteiger charge is -1.94. The van der Waals surface area contributed by atoms with Crippen LogP contribution in [0.4, 0.5) is 0 Å². The third-order valence-electron chi connectivity index (χ3n) is 1.23. The minimum atomic E-state index is -0.363. The Bertz CT molecular complexity index is 413. The second-order valence-corrected chi connectivity index (χ2v) is 2.13. The van der Waals surface area contributed by atoms with E-state index in [0.29, 0.717) is 6.61 Å². The van der Waals surface area contributed by atoms with Crippen LogP contribution >= 0.6 is 0 Å². The van der Waals surface area contributed by atoms with Gasteiger partial charge in [-0.3, -0.25) is 0 Å². The van der Waals surface area contributed by atoms with Crippen molar-refractivity contribution in [3.63, 3.8) is 0 Å². The summed E-state index contributed by atoms with van der Waals surface area (Å²) in [6.45, 7) is 2.38. The number of hydrogen-bond acceptors (Lipinski definition) is 1. The summed E-state index contributed by atoms with van der Waals surface area (Å²) in [6, 6.07) is -1.27. The van der Waals surface area contributed by atoms with Crippen LogP contribution in [0.15, 0.2) is 42.6 Å². The van der Waals surface area contributed by atoms with Gasteiger partial charge in [0.1, 0.15) is 0 Å². The van der Waals surface area contributed by atoms with E-state index in [1.165, 1.54) is 6.26 Å². The molecule has 0 fully saturated rings. The molecule has 1 aromatic carbocycles. The van der Waals surface area contributed by atoms with Gasteiger partial charge < -0.3 is 4.74 Å². The van der Waals surface area contributed by atoms with Gasteiger partial charge in [0.25, 0.3) is 0 Å². The normalized spacial score (nSPS) is 16.2. The van der Waals surface area contributed by atoms with Crippen LogP contribution in [0.5, 0.6) is 0 Å². The van der Waals surface area contributed by atoms with Crippen LogP contribution in [0.1, 0.15) is 19.3 Å². The summed E-state index contributed by atoms with van der Waals surface area (Å²) in [5.74, 6) is 0. The zero-order chi connectivity index (χ0) is 13.0. The Kier molecular flexibility index (Phi) is 1.86. The highest BCUT2D eigenvalue weighted by Crippen LogP contribution is 1.99. The molecule has 0 N–H and O–H groups in total. The highest BCUT2D eigenvalue weighted by Gasteiger charge is 1.84. The fourth-order valence-corrected chi connectivity index (χ4v) is 0.708. The van der Waals surface area contributed by atoms with E-state index in [1.54, 1.807) is 6.08 Å². The van der Waals surface area contributed by atoms with Crippen molar-refractivity contribution < 1.29 is 11.6 Å². The molecule has 0 saturated carbocycles. The molecule has 64 valence electrons. The zero-order valence-electron chi connectivity index (χ0n) is 12.0. The summed E-state index contributed by atoms with van der Waals surface area (Å²) in [5, 5.41) is 0. The first-order chi connectivity index (χ1) is 8.00. The molecule has 0 bridgehead atoms. The van der Waals surface area contributed by atoms with Gasteiger partial charge in [0.15, 0.2) is 0 Å². The molecule has 0 aliphatic carbocycles. The fourth-order valence-electron chi connectivity index (χ4n) is 0.708. The van der Waals surface area contributed by atoms with Crippen LogP contribution < -0.4 is 0 Å². The number of ether oxygens (including phenoxy) is 1. The molecule has 1 nitrogen and oxygen atoms in total. The number of rotatable bonds is 4. The Balaban J connectivity index is 3.07. The average molecular weight is 167 g/mol. The van der Waals surface area contributed by atoms with E-state index in [9.17, 15) is 0 Å². The van der Waals surface area contributed by atoms with Crippen molar-refractivity contribution in [1.82, 2.24) is 0 Å². The van der Waals surface area contributed by atoms with Crippen LogP contribution in [-0.2, 0) is 11.2 Å². The molecule has 0 heterocycles. The number of benzene rings is 1. The molecule has 0 aliphatic heterocycles. The molecule has 0 saturated heterocycles. The Morgan fingerprint density at radius 3 is 2.83 bits per heavy atom. The number of allylic oxidation sites excluding steroid dienone is 1. The maximum Gasteiger partial charge on any atom is 0.0845 e. The van der Waals surface area contributed by atoms with Crippen molar-refractivity contribution >= 4 is 0 Å². The minimum Gasteiger partial charge on any atom is -0.502 e. The van der Waals surface area contributed by atoms with Crippen molar-refractivity contribution in [2.75, 3.05) is 6.61 Å². The lowest BCUT2D eigenvalue weighted by Crippen LogP contribution is -1.81. The Morgan fingerprint density at radius 2 is 2.17 bits per heavy atom. The highest BCUT2D eigenvalue weighted by molar-refractivity contribution is 5.16. The first-order valence-electron chi connectivity index (χ1n) is 6.33. The van der Waals surface area contributed by atoms with Crippen molar-refractivity contribution in [1.29, 1.82) is 0 Å². The van der Waals surface area contributed by atoms with E-state index in [2.05, 4.69) is 0 Å². The first kappa shape index (κ1) is 4.13. The predicted octanol–water partition coefficient (Wildman–Crippen LogP) is 2.78. The van der Waals surface area contributed by atoms with Gasteiger partial charge in [0.2, 0.25) is 0 Å². The van der Waals surface area contributed by atoms with Gasteiger partial charge in [0, 0.05) is 0 Å². The SMILES string of the molecule is [2H]c1c([2H])c([2H])c(C/C=C/OCC)c([2H])c1[2H]. The van der Waals surface area contributed by atoms with Gasteiger partial charge in [-0.25, -0.2) is 0 Å². The zero-order valence-corrected chi connectivity index (χ0v) is 6.98. The Labute approximate surface area is 80.7 Å². The summed E-state index contributed by atoms with van der Waals surface area (Å²) in [4.78, 5) is 0. The molecule has 1 aromatic rings. The molecule has 0 radical (unpaired) electrons. The molecule has 0 aliphatic rings. The lowest BCUT2D eigenvalue weighted by atomic mass is 10.2. The van der Waals surface area contributed by atoms with Gasteiger partial charge in [-0.2, -0.15) is 0 Å². The predicted molar refractivity (Wildman–Crippen MR) is 50.9 cm³/mol. The van der Waals surface area contributed by atoms with Gasteiger partial charge >= 0.3 is 0 Å². The molecule has 0 amide bonds. The van der Waals surface area contributed by atoms with Crippen LogP contribution in [-0.4, -0.2) is 6.61 Å². The van der Waals surface area contributed by atoms with Crippen molar-refractivity contribution in [2.24, 2.45) is 0 Å². The van der Waals surface area contributed by atoms with E-state index in [4.69, 9.17) is 11.6 Å². The van der Waals surface area contributed by atoms with Crippen LogP contribution in [0.3, 0.4) is 0 Å². The lowest BCUT2D eigenvalue weighted by molar-refractivity contribution is 0.268. The Hall–Kier alpha value is -1.24. The van der Waals surface area contributed by atoms with Gasteiger partial charge in [-0.15, -0.1) is 0 Å². The van der Waals surface area contributed by atoms with Crippen LogP contribution in [0.2, 0.25) is 0 Å². The second kappa shape index (κ2) is 5.42. The summed E-state index contributed by atoms with van der Waals surface area (Å²) >= 11 is 0. The molecule has 0 atom stereocenters. The molecular formula is C11H14O. The van der Waals surface area contributed by atoms with E-state index < -0.39 is 0 Å². The maximum atomic E-state index is 7.67. The largest absolute Gasteiger partial charge is 0.502 e. The molecule has 0 aromatic heterocycles. The van der Waals surface area contributed by atoms with Gasteiger partial charge in [0.05, 0.1) is 19.7 Å². The van der Waals surface area contributed by atoms with Crippen LogP contribution in [0.25, 0.3) is 0 Å². The molecule has 1 heteroatoms. The topological polar surface area (TPSA) is 9.23 Å². The standard InChI is InChI=1S/C11H14O/c1-2-12-10-6-9-11-7-4-3-5-8-11/h3-8,10H,2,9H2,1H3/b10-6+/i3D,4D,5D,7D,8D. The molecule has 0 spiro atoms. The monoisotopic (exact) mass is 167 g/mol. The third-order valence-corrected chi connectivity index (χ3v) is 1.23. The summed E-state index contributed by atoms with van der Waals surface area (Å²) in [6.07, 6.45) is 3.37. The summed E-state index contributed by atoms with van der Waals surface area (Å²) in [5.41, 5.74) is 0.284. The Morgan fingerprint density at radius 1 is 1.42 bits per heavy atom.